The monoisotopic (exact) mass is 1160 g/mol. The smallest absolute Gasteiger partial charge is 0.246 e. The van der Waals surface area contributed by atoms with Crippen LogP contribution in [0.2, 0.25) is 5.02 Å². The van der Waals surface area contributed by atoms with E-state index in [9.17, 15) is 24.3 Å². The summed E-state index contributed by atoms with van der Waals surface area (Å²) in [4.78, 5) is 72.1. The number of β-amino-alcohol motifs (C(OH)–C–C–N with tert-alkyl or cyclic N) is 1. The lowest BCUT2D eigenvalue weighted by Crippen LogP contribution is -2.57. The molecular formula is C65H85ClN8O7S. The first-order valence-electron chi connectivity index (χ1n) is 29.6. The number of likely N-dealkylation sites (tertiary alicyclic amines) is 1. The van der Waals surface area contributed by atoms with Gasteiger partial charge >= 0.3 is 0 Å². The summed E-state index contributed by atoms with van der Waals surface area (Å²) >= 11 is 7.95. The summed E-state index contributed by atoms with van der Waals surface area (Å²) in [5, 5.41) is 17.5. The van der Waals surface area contributed by atoms with Gasteiger partial charge in [-0.25, -0.2) is 4.98 Å². The fourth-order valence-electron chi connectivity index (χ4n) is 12.6. The topological polar surface area (TPSA) is 160 Å². The number of halogens is 1. The van der Waals surface area contributed by atoms with Gasteiger partial charge in [0.25, 0.3) is 0 Å². The summed E-state index contributed by atoms with van der Waals surface area (Å²) in [5.74, 6) is 1.03. The van der Waals surface area contributed by atoms with Crippen LogP contribution in [-0.2, 0) is 25.6 Å². The van der Waals surface area contributed by atoms with Crippen LogP contribution in [-0.4, -0.2) is 139 Å². The van der Waals surface area contributed by atoms with Gasteiger partial charge in [0.2, 0.25) is 23.6 Å². The second-order valence-electron chi connectivity index (χ2n) is 24.6. The first-order valence-corrected chi connectivity index (χ1v) is 30.8. The van der Waals surface area contributed by atoms with E-state index in [1.807, 2.05) is 120 Å². The van der Waals surface area contributed by atoms with E-state index in [1.54, 1.807) is 18.4 Å². The zero-order valence-corrected chi connectivity index (χ0v) is 51.0. The van der Waals surface area contributed by atoms with Crippen molar-refractivity contribution in [1.29, 1.82) is 0 Å². The third-order valence-corrected chi connectivity index (χ3v) is 18.4. The van der Waals surface area contributed by atoms with Crippen LogP contribution in [0.3, 0.4) is 0 Å². The highest BCUT2D eigenvalue weighted by molar-refractivity contribution is 7.13. The summed E-state index contributed by atoms with van der Waals surface area (Å²) in [6.45, 7) is 19.7. The Labute approximate surface area is 494 Å². The summed E-state index contributed by atoms with van der Waals surface area (Å²) < 4.78 is 11.9. The molecule has 4 aromatic carbocycles. The van der Waals surface area contributed by atoms with E-state index >= 15 is 0 Å². The Balaban J connectivity index is 0.699. The van der Waals surface area contributed by atoms with Gasteiger partial charge in [-0.1, -0.05) is 68.8 Å². The quantitative estimate of drug-likeness (QED) is 0.0637. The molecule has 2 saturated heterocycles. The van der Waals surface area contributed by atoms with E-state index in [0.717, 1.165) is 95.5 Å². The number of carbonyl (C=O) groups is 4. The number of hydrogen-bond donors (Lipinski definition) is 3. The number of aliphatic hydroxyl groups is 1. The van der Waals surface area contributed by atoms with Crippen LogP contribution in [0.1, 0.15) is 133 Å². The molecule has 0 spiro atoms. The highest BCUT2D eigenvalue weighted by atomic mass is 35.5. The molecule has 0 radical (unpaired) electrons. The predicted octanol–water partition coefficient (Wildman–Crippen LogP) is 10.4. The fourth-order valence-corrected chi connectivity index (χ4v) is 13.5. The van der Waals surface area contributed by atoms with Gasteiger partial charge in [0, 0.05) is 81.6 Å². The number of aliphatic hydroxyl groups excluding tert-OH is 1. The van der Waals surface area contributed by atoms with Crippen molar-refractivity contribution in [3.8, 4) is 21.9 Å². The van der Waals surface area contributed by atoms with Gasteiger partial charge in [0.05, 0.1) is 53.9 Å². The molecule has 4 aliphatic rings. The minimum atomic E-state index is -0.858. The maximum atomic E-state index is 14.3. The number of carbonyl (C=O) groups excluding carboxylic acids is 4. The van der Waals surface area contributed by atoms with Crippen molar-refractivity contribution in [1.82, 2.24) is 30.3 Å². The van der Waals surface area contributed by atoms with E-state index in [1.165, 1.54) is 30.6 Å². The van der Waals surface area contributed by atoms with Gasteiger partial charge in [-0.05, 0) is 160 Å². The number of nitrogens with one attached hydrogen (secondary N) is 2. The Morgan fingerprint density at radius 1 is 0.890 bits per heavy atom. The largest absolute Gasteiger partial charge is 0.493 e. The molecule has 4 amide bonds. The van der Waals surface area contributed by atoms with E-state index in [-0.39, 0.29) is 61.2 Å². The maximum absolute atomic E-state index is 14.3. The van der Waals surface area contributed by atoms with Crippen LogP contribution in [0.5, 0.6) is 11.5 Å². The molecule has 3 fully saturated rings. The lowest BCUT2D eigenvalue weighted by Gasteiger charge is -2.42. The van der Waals surface area contributed by atoms with E-state index in [2.05, 4.69) is 61.6 Å². The van der Waals surface area contributed by atoms with Gasteiger partial charge in [-0.2, -0.15) is 0 Å². The van der Waals surface area contributed by atoms with Crippen LogP contribution in [0.15, 0.2) is 90.4 Å². The highest BCUT2D eigenvalue weighted by Crippen LogP contribution is 2.44. The van der Waals surface area contributed by atoms with Gasteiger partial charge in [0.15, 0.2) is 11.5 Å². The molecule has 1 saturated carbocycles. The average molecular weight is 1160 g/mol. The molecule has 9 rings (SSSR count). The number of nitrogens with zero attached hydrogens (tertiary/aromatic N) is 6. The first kappa shape index (κ1) is 60.5. The minimum absolute atomic E-state index is 0.0126. The Morgan fingerprint density at radius 3 is 2.22 bits per heavy atom. The van der Waals surface area contributed by atoms with E-state index in [0.29, 0.717) is 41.3 Å². The molecule has 3 aliphatic heterocycles. The van der Waals surface area contributed by atoms with Crippen molar-refractivity contribution < 1.29 is 33.8 Å². The Hall–Kier alpha value is -6.04. The summed E-state index contributed by atoms with van der Waals surface area (Å²) in [7, 11) is 3.80. The number of aryl methyl sites for hydroxylation is 1. The Morgan fingerprint density at radius 2 is 1.59 bits per heavy atom. The maximum Gasteiger partial charge on any atom is 0.246 e. The second kappa shape index (κ2) is 26.7. The number of methoxy groups -OCH3 is 1. The standard InChI is InChI=1S/C65H85ClN8O7S/c1-41(2)81-57-37-54-48(34-56(57)80-9)35-59(77)74(60(54)46-19-21-49(66)22-20-46)52-27-25-50(26-28-52)70(8)38-44-13-23-51(24-14-44)72-32-30-71(31-33-72)29-11-10-12-58(76)69-62(65(5,6)7)64(79)73-39-53(75)36-55(73)63(78)68-42(3)45-15-17-47(18-16-45)61-43(4)67-40-82-61/h15-22,25-28,34,37,40-42,44,51,53,55,60,62,75H,10-14,23-24,29-33,35-36,38-39H2,1-9H3,(H,68,78)(H,69,76)/t42-,44-,51-,53+,55-,60-,62+/m0/s1. The molecule has 4 heterocycles. The van der Waals surface area contributed by atoms with Gasteiger partial charge in [-0.15, -0.1) is 11.3 Å². The summed E-state index contributed by atoms with van der Waals surface area (Å²) in [6.07, 6.45) is 6.16. The Bertz CT molecular complexity index is 2990. The fraction of sp³-hybridized carbons (Fsp3) is 0.523. The number of fused-ring (bicyclic) bond motifs is 1. The molecule has 82 heavy (non-hydrogen) atoms. The number of piperazine rings is 1. The molecular weight excluding hydrogens is 1070 g/mol. The van der Waals surface area contributed by atoms with Crippen molar-refractivity contribution in [3.05, 3.63) is 123 Å². The van der Waals surface area contributed by atoms with Crippen molar-refractivity contribution >= 4 is 57.9 Å². The molecule has 15 nitrogen and oxygen atoms in total. The van der Waals surface area contributed by atoms with E-state index in [4.69, 9.17) is 21.1 Å². The molecule has 3 N–H and O–H groups in total. The minimum Gasteiger partial charge on any atom is -0.493 e. The summed E-state index contributed by atoms with van der Waals surface area (Å²) in [6, 6.07) is 26.4. The first-order chi connectivity index (χ1) is 39.2. The van der Waals surface area contributed by atoms with Crippen LogP contribution in [0, 0.1) is 18.3 Å². The van der Waals surface area contributed by atoms with Crippen molar-refractivity contribution in [2.45, 2.75) is 149 Å². The van der Waals surface area contributed by atoms with Gasteiger partial charge < -0.3 is 44.8 Å². The zero-order chi connectivity index (χ0) is 58.4. The lowest BCUT2D eigenvalue weighted by atomic mass is 9.84. The number of hydrogen-bond acceptors (Lipinski definition) is 12. The molecule has 1 aromatic heterocycles. The number of benzene rings is 4. The van der Waals surface area contributed by atoms with Crippen molar-refractivity contribution in [2.75, 3.05) is 69.8 Å². The highest BCUT2D eigenvalue weighted by Gasteiger charge is 2.45. The molecule has 440 valence electrons. The van der Waals surface area contributed by atoms with Crippen molar-refractivity contribution in [2.24, 2.45) is 11.3 Å². The lowest BCUT2D eigenvalue weighted by molar-refractivity contribution is -0.144. The normalized spacial score (nSPS) is 21.5. The number of rotatable bonds is 20. The van der Waals surface area contributed by atoms with E-state index < -0.39 is 23.6 Å². The van der Waals surface area contributed by atoms with Crippen LogP contribution < -0.4 is 29.9 Å². The number of aromatic nitrogens is 1. The number of ether oxygens (including phenoxy) is 2. The van der Waals surface area contributed by atoms with Gasteiger partial charge in [-0.3, -0.25) is 24.1 Å². The molecule has 17 heteroatoms. The molecule has 5 aromatic rings. The number of unbranched alkanes of at least 4 members (excludes halogenated alkanes) is 1. The third kappa shape index (κ3) is 14.5. The second-order valence-corrected chi connectivity index (χ2v) is 25.8. The van der Waals surface area contributed by atoms with Gasteiger partial charge in [0.1, 0.15) is 12.1 Å². The number of amides is 4. The Kier molecular flexibility index (Phi) is 19.7. The zero-order valence-electron chi connectivity index (χ0n) is 49.5. The van der Waals surface area contributed by atoms with Crippen LogP contribution in [0.25, 0.3) is 10.4 Å². The summed E-state index contributed by atoms with van der Waals surface area (Å²) in [5.41, 5.74) is 9.03. The molecule has 5 atom stereocenters. The predicted molar refractivity (Wildman–Crippen MR) is 327 cm³/mol. The number of anilines is 2. The number of thiazole rings is 1. The molecule has 0 bridgehead atoms. The molecule has 0 unspecified atom stereocenters. The average Bonchev–Trinajstić information content (AvgIpc) is 4.17. The van der Waals surface area contributed by atoms with Crippen molar-refractivity contribution in [3.63, 3.8) is 0 Å². The molecule has 1 aliphatic carbocycles. The third-order valence-electron chi connectivity index (χ3n) is 17.2. The van der Waals surface area contributed by atoms with Crippen LogP contribution >= 0.6 is 22.9 Å². The van der Waals surface area contributed by atoms with Crippen LogP contribution in [0.4, 0.5) is 11.4 Å². The SMILES string of the molecule is COc1cc2c(cc1OC(C)C)[C@H](c1ccc(Cl)cc1)N(c1ccc(N(C)C[C@H]3CC[C@H](N4CCN(CCCCC(=O)N[C@H](C(=O)N5C[C@H](O)C[C@H]5C(=O)N[C@@H](C)c5ccc(-c6scnc6C)cc5)C(C)(C)C)CC4)CC3)cc1)C(=O)C2.